The number of hydrogen-bond donors (Lipinski definition) is 0. The minimum Gasteiger partial charge on any atom is -0.545 e. The molecule has 0 aliphatic rings. The quantitative estimate of drug-likeness (QED) is 0.446. The molecule has 1 aromatic rings. The molecular weight excluding hydrogens is 163 g/mol. The van der Waals surface area contributed by atoms with Gasteiger partial charge in [0.15, 0.2) is 0 Å². The summed E-state index contributed by atoms with van der Waals surface area (Å²) in [7, 11) is 0. The zero-order valence-electron chi connectivity index (χ0n) is 7.55. The van der Waals surface area contributed by atoms with Crippen LogP contribution in [0.25, 0.3) is 0 Å². The van der Waals surface area contributed by atoms with Crippen molar-refractivity contribution >= 4 is 5.97 Å². The Bertz CT molecular complexity index is 295. The van der Waals surface area contributed by atoms with E-state index in [4.69, 9.17) is 0 Å². The van der Waals surface area contributed by atoms with E-state index >= 15 is 0 Å². The molecule has 0 radical (unpaired) electrons. The molecule has 3 heteroatoms. The van der Waals surface area contributed by atoms with Gasteiger partial charge in [0, 0.05) is 5.56 Å². The standard InChI is InChI=1S/C9H10O2.Na/c1-6-3-4-8(9(10)11)7(2)5-6;/h3-5H,1-2H3,(H,10,11);/q;+1/p-1. The number of carbonyl (C=O) groups is 1. The van der Waals surface area contributed by atoms with E-state index in [1.165, 1.54) is 0 Å². The maximum absolute atomic E-state index is 10.4. The topological polar surface area (TPSA) is 40.1 Å². The average molecular weight is 172 g/mol. The van der Waals surface area contributed by atoms with Crippen molar-refractivity contribution in [3.63, 3.8) is 0 Å². The fourth-order valence-corrected chi connectivity index (χ4v) is 1.04. The Balaban J connectivity index is 0.00000121. The van der Waals surface area contributed by atoms with Crippen LogP contribution in [0.2, 0.25) is 0 Å². The zero-order valence-corrected chi connectivity index (χ0v) is 9.55. The van der Waals surface area contributed by atoms with E-state index in [0.29, 0.717) is 0 Å². The number of carboxylic acids is 1. The summed E-state index contributed by atoms with van der Waals surface area (Å²) in [6.07, 6.45) is 0. The molecule has 1 aromatic carbocycles. The molecule has 0 heterocycles. The average Bonchev–Trinajstić information content (AvgIpc) is 1.85. The number of rotatable bonds is 1. The van der Waals surface area contributed by atoms with E-state index in [2.05, 4.69) is 0 Å². The molecule has 0 saturated heterocycles. The molecule has 0 N–H and O–H groups in total. The smallest absolute Gasteiger partial charge is 0.545 e. The Morgan fingerprint density at radius 1 is 1.33 bits per heavy atom. The van der Waals surface area contributed by atoms with Gasteiger partial charge in [0.1, 0.15) is 0 Å². The molecule has 58 valence electrons. The van der Waals surface area contributed by atoms with Crippen LogP contribution in [0.4, 0.5) is 0 Å². The first-order chi connectivity index (χ1) is 5.11. The second kappa shape index (κ2) is 4.65. The summed E-state index contributed by atoms with van der Waals surface area (Å²) in [6.45, 7) is 3.68. The maximum Gasteiger partial charge on any atom is 1.00 e. The predicted octanol–water partition coefficient (Wildman–Crippen LogP) is -2.33. The van der Waals surface area contributed by atoms with Gasteiger partial charge in [-0.3, -0.25) is 0 Å². The Morgan fingerprint density at radius 2 is 1.92 bits per heavy atom. The second-order valence-electron chi connectivity index (χ2n) is 2.61. The third kappa shape index (κ3) is 2.63. The fourth-order valence-electron chi connectivity index (χ4n) is 1.04. The zero-order chi connectivity index (χ0) is 8.43. The van der Waals surface area contributed by atoms with Crippen molar-refractivity contribution < 1.29 is 39.5 Å². The van der Waals surface area contributed by atoms with Gasteiger partial charge in [-0.15, -0.1) is 0 Å². The monoisotopic (exact) mass is 172 g/mol. The van der Waals surface area contributed by atoms with Gasteiger partial charge < -0.3 is 9.90 Å². The Morgan fingerprint density at radius 3 is 2.33 bits per heavy atom. The molecule has 0 saturated carbocycles. The molecule has 0 amide bonds. The van der Waals surface area contributed by atoms with Gasteiger partial charge in [-0.05, 0) is 19.4 Å². The number of carbonyl (C=O) groups excluding carboxylic acids is 1. The van der Waals surface area contributed by atoms with Crippen molar-refractivity contribution in [2.75, 3.05) is 0 Å². The first-order valence-electron chi connectivity index (χ1n) is 3.40. The molecular formula is C9H9NaO2. The molecule has 1 rings (SSSR count). The SMILES string of the molecule is Cc1ccc(C(=O)[O-])c(C)c1.[Na+]. The van der Waals surface area contributed by atoms with Crippen LogP contribution in [0.1, 0.15) is 21.5 Å². The Hall–Kier alpha value is -0.310. The third-order valence-corrected chi connectivity index (χ3v) is 1.60. The van der Waals surface area contributed by atoms with Gasteiger partial charge in [-0.2, -0.15) is 0 Å². The molecule has 0 aliphatic carbocycles. The van der Waals surface area contributed by atoms with Crippen LogP contribution >= 0.6 is 0 Å². The molecule has 0 fully saturated rings. The molecule has 0 spiro atoms. The third-order valence-electron chi connectivity index (χ3n) is 1.60. The molecule has 0 atom stereocenters. The van der Waals surface area contributed by atoms with Crippen molar-refractivity contribution in [2.24, 2.45) is 0 Å². The molecule has 0 aromatic heterocycles. The van der Waals surface area contributed by atoms with Crippen LogP contribution in [0.3, 0.4) is 0 Å². The number of carboxylic acid groups (broad SMARTS) is 1. The molecule has 12 heavy (non-hydrogen) atoms. The second-order valence-corrected chi connectivity index (χ2v) is 2.61. The number of benzene rings is 1. The summed E-state index contributed by atoms with van der Waals surface area (Å²) in [5.74, 6) is -1.11. The molecule has 0 bridgehead atoms. The van der Waals surface area contributed by atoms with Crippen molar-refractivity contribution in [2.45, 2.75) is 13.8 Å². The van der Waals surface area contributed by atoms with Crippen molar-refractivity contribution in [3.8, 4) is 0 Å². The van der Waals surface area contributed by atoms with E-state index in [1.54, 1.807) is 19.1 Å². The van der Waals surface area contributed by atoms with Gasteiger partial charge in [-0.25, -0.2) is 0 Å². The van der Waals surface area contributed by atoms with Crippen molar-refractivity contribution in [1.29, 1.82) is 0 Å². The van der Waals surface area contributed by atoms with Crippen LogP contribution < -0.4 is 34.7 Å². The summed E-state index contributed by atoms with van der Waals surface area (Å²) in [5.41, 5.74) is 2.09. The van der Waals surface area contributed by atoms with Gasteiger partial charge in [0.05, 0.1) is 5.97 Å². The van der Waals surface area contributed by atoms with Gasteiger partial charge in [-0.1, -0.05) is 23.8 Å². The minimum atomic E-state index is -1.11. The summed E-state index contributed by atoms with van der Waals surface area (Å²) in [6, 6.07) is 5.16. The molecule has 0 unspecified atom stereocenters. The fraction of sp³-hybridized carbons (Fsp3) is 0.222. The van der Waals surface area contributed by atoms with Crippen LogP contribution in [-0.4, -0.2) is 5.97 Å². The van der Waals surface area contributed by atoms with Crippen LogP contribution in [-0.2, 0) is 0 Å². The predicted molar refractivity (Wildman–Crippen MR) is 40.2 cm³/mol. The number of hydrogen-bond acceptors (Lipinski definition) is 2. The first-order valence-corrected chi connectivity index (χ1v) is 3.40. The summed E-state index contributed by atoms with van der Waals surface area (Å²) < 4.78 is 0. The Kier molecular flexibility index (Phi) is 4.53. The number of aromatic carboxylic acids is 1. The van der Waals surface area contributed by atoms with Gasteiger partial charge in [0.25, 0.3) is 0 Å². The van der Waals surface area contributed by atoms with E-state index < -0.39 is 5.97 Å². The van der Waals surface area contributed by atoms with Crippen LogP contribution in [0.5, 0.6) is 0 Å². The first kappa shape index (κ1) is 11.7. The summed E-state index contributed by atoms with van der Waals surface area (Å²) in [4.78, 5) is 10.4. The van der Waals surface area contributed by atoms with Crippen LogP contribution in [0, 0.1) is 13.8 Å². The normalized spacial score (nSPS) is 8.83. The summed E-state index contributed by atoms with van der Waals surface area (Å²) >= 11 is 0. The van der Waals surface area contributed by atoms with E-state index in [1.807, 2.05) is 13.0 Å². The van der Waals surface area contributed by atoms with Crippen LogP contribution in [0.15, 0.2) is 18.2 Å². The number of aryl methyl sites for hydroxylation is 2. The van der Waals surface area contributed by atoms with E-state index in [-0.39, 0.29) is 35.1 Å². The van der Waals surface area contributed by atoms with E-state index in [9.17, 15) is 9.90 Å². The summed E-state index contributed by atoms with van der Waals surface area (Å²) in [5, 5.41) is 10.4. The maximum atomic E-state index is 10.4. The molecule has 2 nitrogen and oxygen atoms in total. The van der Waals surface area contributed by atoms with Crippen molar-refractivity contribution in [3.05, 3.63) is 34.9 Å². The van der Waals surface area contributed by atoms with Gasteiger partial charge >= 0.3 is 29.6 Å². The van der Waals surface area contributed by atoms with Crippen molar-refractivity contribution in [1.82, 2.24) is 0 Å². The molecule has 0 aliphatic heterocycles. The minimum absolute atomic E-state index is 0. The largest absolute Gasteiger partial charge is 1.00 e. The van der Waals surface area contributed by atoms with Gasteiger partial charge in [0.2, 0.25) is 0 Å². The van der Waals surface area contributed by atoms with E-state index in [0.717, 1.165) is 11.1 Å². The Labute approximate surface area is 93.9 Å².